The number of nitrogens with one attached hydrogen (secondary N) is 2. The van der Waals surface area contributed by atoms with E-state index in [2.05, 4.69) is 65.9 Å². The lowest BCUT2D eigenvalue weighted by atomic mass is 9.64. The fourth-order valence-corrected chi connectivity index (χ4v) is 3.36. The Morgan fingerprint density at radius 1 is 1.29 bits per heavy atom. The highest BCUT2D eigenvalue weighted by Gasteiger charge is 2.38. The first-order valence-corrected chi connectivity index (χ1v) is 8.96. The number of rotatable bonds is 5. The molecule has 1 saturated carbocycles. The third kappa shape index (κ3) is 3.61. The van der Waals surface area contributed by atoms with E-state index >= 15 is 0 Å². The van der Waals surface area contributed by atoms with Crippen LogP contribution < -0.4 is 10.6 Å². The number of guanidine groups is 1. The van der Waals surface area contributed by atoms with Crippen LogP contribution in [0.3, 0.4) is 0 Å². The van der Waals surface area contributed by atoms with Crippen LogP contribution >= 0.6 is 15.9 Å². The van der Waals surface area contributed by atoms with Gasteiger partial charge < -0.3 is 10.6 Å². The van der Waals surface area contributed by atoms with Gasteiger partial charge in [0.05, 0.1) is 6.54 Å². The molecule has 0 spiro atoms. The van der Waals surface area contributed by atoms with E-state index in [1.54, 1.807) is 18.1 Å². The number of aryl methyl sites for hydroxylation is 1. The highest BCUT2D eigenvalue weighted by Crippen LogP contribution is 2.43. The molecular formula is C17H23BrN6. The quantitative estimate of drug-likeness (QED) is 0.607. The third-order valence-corrected chi connectivity index (χ3v) is 5.33. The van der Waals surface area contributed by atoms with Gasteiger partial charge in [0.2, 0.25) is 0 Å². The van der Waals surface area contributed by atoms with Crippen molar-refractivity contribution in [3.8, 4) is 0 Å². The maximum Gasteiger partial charge on any atom is 0.191 e. The largest absolute Gasteiger partial charge is 0.356 e. The second-order valence-electron chi connectivity index (χ2n) is 6.22. The summed E-state index contributed by atoms with van der Waals surface area (Å²) in [6, 6.07) is 8.69. The van der Waals surface area contributed by atoms with E-state index in [9.17, 15) is 0 Å². The summed E-state index contributed by atoms with van der Waals surface area (Å²) >= 11 is 3.51. The third-order valence-electron chi connectivity index (χ3n) is 4.80. The first kappa shape index (κ1) is 17.0. The molecule has 0 radical (unpaired) electrons. The predicted octanol–water partition coefficient (Wildman–Crippen LogP) is 2.36. The average Bonchev–Trinajstić information content (AvgIpc) is 2.96. The normalized spacial score (nSPS) is 16.5. The van der Waals surface area contributed by atoms with Crippen molar-refractivity contribution in [2.45, 2.75) is 31.2 Å². The van der Waals surface area contributed by atoms with E-state index in [-0.39, 0.29) is 5.41 Å². The van der Waals surface area contributed by atoms with Crippen molar-refractivity contribution in [1.29, 1.82) is 0 Å². The highest BCUT2D eigenvalue weighted by molar-refractivity contribution is 9.10. The molecule has 0 aliphatic heterocycles. The summed E-state index contributed by atoms with van der Waals surface area (Å²) in [6.07, 6.45) is 5.26. The molecule has 1 aromatic carbocycles. The fraction of sp³-hybridized carbons (Fsp3) is 0.471. The van der Waals surface area contributed by atoms with Gasteiger partial charge in [-0.3, -0.25) is 9.67 Å². The van der Waals surface area contributed by atoms with Crippen LogP contribution in [0.4, 0.5) is 0 Å². The molecule has 1 fully saturated rings. The highest BCUT2D eigenvalue weighted by atomic mass is 79.9. The summed E-state index contributed by atoms with van der Waals surface area (Å²) in [7, 11) is 3.68. The van der Waals surface area contributed by atoms with Crippen LogP contribution in [0.2, 0.25) is 0 Å². The molecule has 24 heavy (non-hydrogen) atoms. The number of halogens is 1. The van der Waals surface area contributed by atoms with Crippen LogP contribution in [0.5, 0.6) is 0 Å². The molecule has 1 heterocycles. The maximum atomic E-state index is 4.32. The van der Waals surface area contributed by atoms with Gasteiger partial charge in [0.25, 0.3) is 0 Å². The lowest BCUT2D eigenvalue weighted by Gasteiger charge is -2.43. The minimum absolute atomic E-state index is 0.211. The molecule has 1 aliphatic rings. The smallest absolute Gasteiger partial charge is 0.191 e. The molecule has 128 valence electrons. The van der Waals surface area contributed by atoms with Gasteiger partial charge in [-0.25, -0.2) is 4.98 Å². The van der Waals surface area contributed by atoms with E-state index in [1.165, 1.54) is 24.8 Å². The molecule has 0 unspecified atom stereocenters. The maximum absolute atomic E-state index is 4.32. The van der Waals surface area contributed by atoms with Gasteiger partial charge in [-0.05, 0) is 30.5 Å². The molecule has 2 N–H and O–H groups in total. The van der Waals surface area contributed by atoms with E-state index in [1.807, 2.05) is 7.05 Å². The summed E-state index contributed by atoms with van der Waals surface area (Å²) in [6.45, 7) is 1.48. The Morgan fingerprint density at radius 2 is 2.04 bits per heavy atom. The van der Waals surface area contributed by atoms with Crippen LogP contribution in [0.25, 0.3) is 0 Å². The van der Waals surface area contributed by atoms with Gasteiger partial charge in [0.1, 0.15) is 12.2 Å². The number of aliphatic imine (C=N–C) groups is 1. The zero-order valence-electron chi connectivity index (χ0n) is 14.1. The minimum Gasteiger partial charge on any atom is -0.356 e. The minimum atomic E-state index is 0.211. The van der Waals surface area contributed by atoms with Crippen LogP contribution in [-0.4, -0.2) is 34.3 Å². The van der Waals surface area contributed by atoms with Gasteiger partial charge in [-0.1, -0.05) is 34.5 Å². The molecule has 1 aliphatic carbocycles. The monoisotopic (exact) mass is 390 g/mol. The van der Waals surface area contributed by atoms with Crippen molar-refractivity contribution in [1.82, 2.24) is 25.4 Å². The second kappa shape index (κ2) is 7.34. The molecule has 2 aromatic rings. The summed E-state index contributed by atoms with van der Waals surface area (Å²) in [5.74, 6) is 1.67. The Labute approximate surface area is 150 Å². The summed E-state index contributed by atoms with van der Waals surface area (Å²) in [5, 5.41) is 10.9. The first-order valence-electron chi connectivity index (χ1n) is 8.16. The lowest BCUT2D eigenvalue weighted by molar-refractivity contribution is 0.244. The van der Waals surface area contributed by atoms with Crippen molar-refractivity contribution >= 4 is 21.9 Å². The fourth-order valence-electron chi connectivity index (χ4n) is 3.09. The average molecular weight is 391 g/mol. The van der Waals surface area contributed by atoms with E-state index < -0.39 is 0 Å². The summed E-state index contributed by atoms with van der Waals surface area (Å²) in [5.41, 5.74) is 1.61. The second-order valence-corrected chi connectivity index (χ2v) is 7.14. The molecular weight excluding hydrogens is 368 g/mol. The van der Waals surface area contributed by atoms with Gasteiger partial charge in [0.15, 0.2) is 5.96 Å². The Morgan fingerprint density at radius 3 is 2.58 bits per heavy atom. The van der Waals surface area contributed by atoms with Gasteiger partial charge in [0, 0.05) is 30.5 Å². The van der Waals surface area contributed by atoms with Gasteiger partial charge in [-0.2, -0.15) is 5.10 Å². The molecule has 0 atom stereocenters. The number of aromatic nitrogens is 3. The Kier molecular flexibility index (Phi) is 5.18. The van der Waals surface area contributed by atoms with Crippen LogP contribution in [0.1, 0.15) is 30.7 Å². The molecule has 0 amide bonds. The molecule has 0 saturated heterocycles. The SMILES string of the molecule is CN=C(NCc1ncnn1C)NCC1(c2ccc(Br)cc2)CCC1. The van der Waals surface area contributed by atoms with E-state index in [0.717, 1.165) is 22.8 Å². The first-order chi connectivity index (χ1) is 11.6. The lowest BCUT2D eigenvalue weighted by Crippen LogP contribution is -2.48. The van der Waals surface area contributed by atoms with Crippen LogP contribution in [-0.2, 0) is 19.0 Å². The van der Waals surface area contributed by atoms with Crippen molar-refractivity contribution in [3.05, 3.63) is 46.5 Å². The zero-order chi connectivity index (χ0) is 17.0. The number of hydrogen-bond donors (Lipinski definition) is 2. The summed E-state index contributed by atoms with van der Waals surface area (Å²) < 4.78 is 2.88. The standard InChI is InChI=1S/C17H23BrN6/c1-19-16(20-10-15-22-12-23-24(15)2)21-11-17(8-3-9-17)13-4-6-14(18)7-5-13/h4-7,12H,3,8-11H2,1-2H3,(H2,19,20,21). The molecule has 1 aromatic heterocycles. The Bertz CT molecular complexity index is 702. The molecule has 0 bridgehead atoms. The molecule has 3 rings (SSSR count). The zero-order valence-corrected chi connectivity index (χ0v) is 15.7. The van der Waals surface area contributed by atoms with Crippen molar-refractivity contribution in [2.75, 3.05) is 13.6 Å². The van der Waals surface area contributed by atoms with E-state index in [4.69, 9.17) is 0 Å². The molecule has 7 heteroatoms. The topological polar surface area (TPSA) is 67.1 Å². The van der Waals surface area contributed by atoms with Crippen molar-refractivity contribution in [3.63, 3.8) is 0 Å². The van der Waals surface area contributed by atoms with Crippen molar-refractivity contribution in [2.24, 2.45) is 12.0 Å². The van der Waals surface area contributed by atoms with Gasteiger partial charge >= 0.3 is 0 Å². The molecule has 6 nitrogen and oxygen atoms in total. The van der Waals surface area contributed by atoms with Crippen molar-refractivity contribution < 1.29 is 0 Å². The number of nitrogens with zero attached hydrogens (tertiary/aromatic N) is 4. The Hall–Kier alpha value is -1.89. The predicted molar refractivity (Wildman–Crippen MR) is 98.9 cm³/mol. The summed E-state index contributed by atoms with van der Waals surface area (Å²) in [4.78, 5) is 8.53. The van der Waals surface area contributed by atoms with Crippen LogP contribution in [0.15, 0.2) is 40.1 Å². The van der Waals surface area contributed by atoms with E-state index in [0.29, 0.717) is 6.54 Å². The Balaban J connectivity index is 1.60. The van der Waals surface area contributed by atoms with Crippen LogP contribution in [0, 0.1) is 0 Å². The van der Waals surface area contributed by atoms with Gasteiger partial charge in [-0.15, -0.1) is 0 Å². The number of benzene rings is 1. The number of hydrogen-bond acceptors (Lipinski definition) is 3.